The maximum Gasteiger partial charge on any atom is 0.265 e. The van der Waals surface area contributed by atoms with Crippen molar-refractivity contribution in [1.82, 2.24) is 0 Å². The minimum absolute atomic E-state index is 0.0610. The van der Waals surface area contributed by atoms with Crippen molar-refractivity contribution >= 4 is 17.3 Å². The number of hydrogen-bond donors (Lipinski definition) is 1. The molecule has 4 rings (SSSR count). The second-order valence-corrected chi connectivity index (χ2v) is 6.46. The lowest BCUT2D eigenvalue weighted by atomic mass is 9.88. The van der Waals surface area contributed by atoms with Crippen LogP contribution in [0.15, 0.2) is 18.2 Å². The Morgan fingerprint density at radius 1 is 1.30 bits per heavy atom. The van der Waals surface area contributed by atoms with Gasteiger partial charge in [-0.1, -0.05) is 6.42 Å². The van der Waals surface area contributed by atoms with Gasteiger partial charge in [0.2, 0.25) is 0 Å². The number of ether oxygens (including phenoxy) is 1. The molecule has 4 nitrogen and oxygen atoms in total. The lowest BCUT2D eigenvalue weighted by Crippen LogP contribution is -2.42. The van der Waals surface area contributed by atoms with Crippen LogP contribution in [-0.2, 0) is 4.79 Å². The fourth-order valence-electron chi connectivity index (χ4n) is 4.25. The van der Waals surface area contributed by atoms with Crippen LogP contribution >= 0.6 is 0 Å². The summed E-state index contributed by atoms with van der Waals surface area (Å²) in [6, 6.07) is 5.55. The molecule has 1 amide bonds. The van der Waals surface area contributed by atoms with E-state index < -0.39 is 0 Å². The van der Waals surface area contributed by atoms with E-state index in [1.807, 2.05) is 23.1 Å². The Morgan fingerprint density at radius 2 is 2.20 bits per heavy atom. The number of carbonyl (C=O) groups is 1. The molecule has 2 bridgehead atoms. The molecule has 3 unspecified atom stereocenters. The van der Waals surface area contributed by atoms with Crippen molar-refractivity contribution in [2.24, 2.45) is 17.8 Å². The quantitative estimate of drug-likeness (QED) is 0.841. The van der Waals surface area contributed by atoms with Crippen LogP contribution in [0, 0.1) is 17.8 Å². The third-order valence-electron chi connectivity index (χ3n) is 5.23. The smallest absolute Gasteiger partial charge is 0.265 e. The molecule has 1 heterocycles. The lowest BCUT2D eigenvalue weighted by Gasteiger charge is -2.33. The molecule has 2 saturated carbocycles. The third-order valence-corrected chi connectivity index (χ3v) is 5.23. The lowest BCUT2D eigenvalue weighted by molar-refractivity contribution is -0.121. The van der Waals surface area contributed by atoms with Gasteiger partial charge in [-0.2, -0.15) is 0 Å². The largest absolute Gasteiger partial charge is 0.482 e. The van der Waals surface area contributed by atoms with Crippen molar-refractivity contribution in [3.8, 4) is 5.75 Å². The highest BCUT2D eigenvalue weighted by molar-refractivity contribution is 5.98. The Labute approximate surface area is 118 Å². The van der Waals surface area contributed by atoms with Gasteiger partial charge < -0.3 is 15.4 Å². The number of anilines is 2. The molecule has 2 N–H and O–H groups in total. The van der Waals surface area contributed by atoms with Gasteiger partial charge in [-0.15, -0.1) is 0 Å². The Hall–Kier alpha value is -1.71. The molecule has 4 heteroatoms. The van der Waals surface area contributed by atoms with Crippen molar-refractivity contribution in [2.75, 3.05) is 23.8 Å². The number of rotatable bonds is 2. The highest BCUT2D eigenvalue weighted by atomic mass is 16.5. The molecule has 1 aliphatic heterocycles. The highest BCUT2D eigenvalue weighted by Crippen LogP contribution is 2.49. The topological polar surface area (TPSA) is 55.6 Å². The number of benzene rings is 1. The Balaban J connectivity index is 1.61. The average molecular weight is 272 g/mol. The fraction of sp³-hybridized carbons (Fsp3) is 0.562. The van der Waals surface area contributed by atoms with Crippen molar-refractivity contribution in [2.45, 2.75) is 25.7 Å². The van der Waals surface area contributed by atoms with E-state index in [4.69, 9.17) is 10.5 Å². The Kier molecular flexibility index (Phi) is 2.65. The van der Waals surface area contributed by atoms with Gasteiger partial charge in [0.05, 0.1) is 5.69 Å². The molecule has 1 aromatic carbocycles. The molecular weight excluding hydrogens is 252 g/mol. The van der Waals surface area contributed by atoms with Crippen LogP contribution in [-0.4, -0.2) is 19.1 Å². The summed E-state index contributed by atoms with van der Waals surface area (Å²) in [6.45, 7) is 0.984. The van der Waals surface area contributed by atoms with Crippen LogP contribution in [0.2, 0.25) is 0 Å². The Bertz CT molecular complexity index is 557. The molecule has 3 atom stereocenters. The minimum atomic E-state index is 0.0610. The summed E-state index contributed by atoms with van der Waals surface area (Å²) >= 11 is 0. The average Bonchev–Trinajstić information content (AvgIpc) is 3.04. The van der Waals surface area contributed by atoms with E-state index in [1.165, 1.54) is 25.7 Å². The summed E-state index contributed by atoms with van der Waals surface area (Å²) in [5.74, 6) is 3.22. The van der Waals surface area contributed by atoms with Crippen LogP contribution in [0.1, 0.15) is 25.7 Å². The second-order valence-electron chi connectivity index (χ2n) is 6.46. The van der Waals surface area contributed by atoms with E-state index >= 15 is 0 Å². The first kappa shape index (κ1) is 12.1. The van der Waals surface area contributed by atoms with Crippen LogP contribution < -0.4 is 15.4 Å². The molecule has 20 heavy (non-hydrogen) atoms. The standard InChI is InChI=1S/C16H20N2O2/c17-13-3-4-15-14(7-13)18(16(19)9-20-15)8-12-6-10-1-2-11(12)5-10/h3-4,7,10-12H,1-2,5-6,8-9,17H2. The summed E-state index contributed by atoms with van der Waals surface area (Å²) < 4.78 is 5.50. The molecule has 3 aliphatic rings. The molecule has 0 aromatic heterocycles. The summed E-state index contributed by atoms with van der Waals surface area (Å²) in [5.41, 5.74) is 7.40. The number of carbonyl (C=O) groups excluding carboxylic acids is 1. The minimum Gasteiger partial charge on any atom is -0.482 e. The van der Waals surface area contributed by atoms with Crippen molar-refractivity contribution in [3.63, 3.8) is 0 Å². The summed E-state index contributed by atoms with van der Waals surface area (Å²) in [6.07, 6.45) is 5.39. The summed E-state index contributed by atoms with van der Waals surface area (Å²) in [4.78, 5) is 14.1. The van der Waals surface area contributed by atoms with Crippen molar-refractivity contribution in [1.29, 1.82) is 0 Å². The van der Waals surface area contributed by atoms with E-state index in [2.05, 4.69) is 0 Å². The third kappa shape index (κ3) is 1.86. The van der Waals surface area contributed by atoms with E-state index in [9.17, 15) is 4.79 Å². The van der Waals surface area contributed by atoms with Gasteiger partial charge in [-0.25, -0.2) is 0 Å². The second kappa shape index (κ2) is 4.40. The molecule has 0 spiro atoms. The van der Waals surface area contributed by atoms with Crippen molar-refractivity contribution < 1.29 is 9.53 Å². The molecule has 2 fully saturated rings. The van der Waals surface area contributed by atoms with E-state index in [-0.39, 0.29) is 12.5 Å². The van der Waals surface area contributed by atoms with Crippen LogP contribution in [0.25, 0.3) is 0 Å². The molecule has 2 aliphatic carbocycles. The zero-order valence-electron chi connectivity index (χ0n) is 11.5. The van der Waals surface area contributed by atoms with Crippen LogP contribution in [0.4, 0.5) is 11.4 Å². The predicted molar refractivity (Wildman–Crippen MR) is 77.6 cm³/mol. The SMILES string of the molecule is Nc1ccc2c(c1)N(CC1CC3CCC1C3)C(=O)CO2. The maximum absolute atomic E-state index is 12.2. The number of fused-ring (bicyclic) bond motifs is 3. The van der Waals surface area contributed by atoms with Gasteiger partial charge >= 0.3 is 0 Å². The number of amides is 1. The first-order valence-electron chi connectivity index (χ1n) is 7.53. The number of nitrogens with two attached hydrogens (primary N) is 1. The van der Waals surface area contributed by atoms with Gasteiger partial charge in [0.15, 0.2) is 6.61 Å². The monoisotopic (exact) mass is 272 g/mol. The number of nitrogen functional groups attached to an aromatic ring is 1. The number of hydrogen-bond acceptors (Lipinski definition) is 3. The number of nitrogens with zero attached hydrogens (tertiary/aromatic N) is 1. The van der Waals surface area contributed by atoms with E-state index in [0.29, 0.717) is 11.6 Å². The zero-order valence-corrected chi connectivity index (χ0v) is 11.5. The summed E-state index contributed by atoms with van der Waals surface area (Å²) in [7, 11) is 0. The zero-order chi connectivity index (χ0) is 13.7. The van der Waals surface area contributed by atoms with Gasteiger partial charge in [-0.05, 0) is 55.2 Å². The van der Waals surface area contributed by atoms with E-state index in [0.717, 1.165) is 29.8 Å². The van der Waals surface area contributed by atoms with Gasteiger partial charge in [-0.3, -0.25) is 4.79 Å². The van der Waals surface area contributed by atoms with Gasteiger partial charge in [0.25, 0.3) is 5.91 Å². The first-order valence-corrected chi connectivity index (χ1v) is 7.53. The molecule has 106 valence electrons. The fourth-order valence-corrected chi connectivity index (χ4v) is 4.25. The van der Waals surface area contributed by atoms with Crippen molar-refractivity contribution in [3.05, 3.63) is 18.2 Å². The maximum atomic E-state index is 12.2. The highest BCUT2D eigenvalue weighted by Gasteiger charge is 2.41. The summed E-state index contributed by atoms with van der Waals surface area (Å²) in [5, 5.41) is 0. The molecule has 0 saturated heterocycles. The van der Waals surface area contributed by atoms with Crippen LogP contribution in [0.3, 0.4) is 0 Å². The van der Waals surface area contributed by atoms with Gasteiger partial charge in [0.1, 0.15) is 5.75 Å². The Morgan fingerprint density at radius 3 is 2.95 bits per heavy atom. The molecule has 0 radical (unpaired) electrons. The van der Waals surface area contributed by atoms with E-state index in [1.54, 1.807) is 0 Å². The van der Waals surface area contributed by atoms with Gasteiger partial charge in [0, 0.05) is 12.2 Å². The van der Waals surface area contributed by atoms with Crippen LogP contribution in [0.5, 0.6) is 5.75 Å². The first-order chi connectivity index (χ1) is 9.70. The predicted octanol–water partition coefficient (Wildman–Crippen LogP) is 2.43. The normalized spacial score (nSPS) is 31.3. The molecule has 1 aromatic rings. The molecular formula is C16H20N2O2.